The van der Waals surface area contributed by atoms with Crippen molar-refractivity contribution in [2.45, 2.75) is 69.8 Å². The second-order valence-electron chi connectivity index (χ2n) is 9.31. The van der Waals surface area contributed by atoms with Crippen molar-refractivity contribution in [2.24, 2.45) is 17.8 Å². The molecule has 1 aliphatic heterocycles. The van der Waals surface area contributed by atoms with Gasteiger partial charge in [0.1, 0.15) is 0 Å². The van der Waals surface area contributed by atoms with Crippen LogP contribution in [0.4, 0.5) is 4.79 Å². The summed E-state index contributed by atoms with van der Waals surface area (Å²) in [4.78, 5) is 25.8. The van der Waals surface area contributed by atoms with Gasteiger partial charge in [-0.25, -0.2) is 4.79 Å². The number of aliphatic hydroxyl groups excluding tert-OH is 1. The SMILES string of the molecule is C[C@@H]1C(CN2C(=O)CCC[C@@H]2[C@@H](C)CC(O)Cc2ccccc2)C1(C)SCSC(=O)O. The van der Waals surface area contributed by atoms with Crippen LogP contribution in [0.3, 0.4) is 0 Å². The van der Waals surface area contributed by atoms with Crippen LogP contribution in [-0.4, -0.2) is 54.8 Å². The van der Waals surface area contributed by atoms with Gasteiger partial charge < -0.3 is 15.1 Å². The molecule has 172 valence electrons. The molecule has 31 heavy (non-hydrogen) atoms. The number of likely N-dealkylation sites (tertiary alicyclic amines) is 1. The Labute approximate surface area is 194 Å². The molecule has 1 heterocycles. The van der Waals surface area contributed by atoms with Gasteiger partial charge in [0.15, 0.2) is 0 Å². The smallest absolute Gasteiger partial charge is 0.365 e. The second-order valence-corrected chi connectivity index (χ2v) is 12.1. The topological polar surface area (TPSA) is 77.8 Å². The molecule has 6 atom stereocenters. The molecular weight excluding hydrogens is 430 g/mol. The van der Waals surface area contributed by atoms with Crippen LogP contribution < -0.4 is 0 Å². The summed E-state index contributed by atoms with van der Waals surface area (Å²) in [6.07, 6.45) is 3.43. The fourth-order valence-electron chi connectivity index (χ4n) is 5.13. The maximum Gasteiger partial charge on any atom is 0.365 e. The quantitative estimate of drug-likeness (QED) is 0.467. The van der Waals surface area contributed by atoms with Crippen LogP contribution in [0.2, 0.25) is 0 Å². The summed E-state index contributed by atoms with van der Waals surface area (Å²) in [6, 6.07) is 10.2. The van der Waals surface area contributed by atoms with Crippen molar-refractivity contribution in [1.82, 2.24) is 4.90 Å². The summed E-state index contributed by atoms with van der Waals surface area (Å²) in [5.74, 6) is 1.31. The number of rotatable bonds is 10. The van der Waals surface area contributed by atoms with Gasteiger partial charge in [-0.05, 0) is 67.7 Å². The van der Waals surface area contributed by atoms with Crippen molar-refractivity contribution < 1.29 is 19.8 Å². The van der Waals surface area contributed by atoms with Crippen LogP contribution in [0.15, 0.2) is 30.3 Å². The highest BCUT2D eigenvalue weighted by Crippen LogP contribution is 2.60. The van der Waals surface area contributed by atoms with Crippen molar-refractivity contribution in [1.29, 1.82) is 0 Å². The molecular formula is C24H35NO4S2. The molecule has 1 aromatic carbocycles. The molecule has 1 aliphatic carbocycles. The van der Waals surface area contributed by atoms with Crippen LogP contribution in [0.5, 0.6) is 0 Å². The predicted octanol–water partition coefficient (Wildman–Crippen LogP) is 5.12. The Morgan fingerprint density at radius 3 is 2.71 bits per heavy atom. The van der Waals surface area contributed by atoms with E-state index in [0.717, 1.165) is 36.7 Å². The third-order valence-corrected chi connectivity index (χ3v) is 9.79. The van der Waals surface area contributed by atoms with E-state index in [4.69, 9.17) is 5.11 Å². The number of hydrogen-bond donors (Lipinski definition) is 2. The molecule has 0 bridgehead atoms. The Kier molecular flexibility index (Phi) is 8.38. The molecule has 3 unspecified atom stereocenters. The van der Waals surface area contributed by atoms with Gasteiger partial charge in [0.05, 0.1) is 11.2 Å². The molecule has 1 amide bonds. The van der Waals surface area contributed by atoms with Gasteiger partial charge >= 0.3 is 5.30 Å². The number of carbonyl (C=O) groups is 2. The number of nitrogens with zero attached hydrogens (tertiary/aromatic N) is 1. The Bertz CT molecular complexity index is 761. The van der Waals surface area contributed by atoms with E-state index in [2.05, 4.69) is 25.7 Å². The number of thioether (sulfide) groups is 2. The number of piperidine rings is 1. The van der Waals surface area contributed by atoms with E-state index in [9.17, 15) is 14.7 Å². The van der Waals surface area contributed by atoms with E-state index in [1.54, 1.807) is 11.8 Å². The summed E-state index contributed by atoms with van der Waals surface area (Å²) >= 11 is 2.64. The van der Waals surface area contributed by atoms with E-state index in [1.807, 2.05) is 30.3 Å². The van der Waals surface area contributed by atoms with E-state index < -0.39 is 11.4 Å². The second kappa shape index (κ2) is 10.6. The zero-order valence-corrected chi connectivity index (χ0v) is 20.3. The molecule has 1 saturated carbocycles. The van der Waals surface area contributed by atoms with E-state index in [1.165, 1.54) is 0 Å². The van der Waals surface area contributed by atoms with Gasteiger partial charge in [0, 0.05) is 23.8 Å². The van der Waals surface area contributed by atoms with Gasteiger partial charge in [0.2, 0.25) is 5.91 Å². The Hall–Kier alpha value is -1.18. The molecule has 3 rings (SSSR count). The normalized spacial score (nSPS) is 30.1. The summed E-state index contributed by atoms with van der Waals surface area (Å²) < 4.78 is 0.0286. The number of carbonyl (C=O) groups excluding carboxylic acids is 1. The molecule has 0 spiro atoms. The lowest BCUT2D eigenvalue weighted by atomic mass is 9.86. The van der Waals surface area contributed by atoms with Crippen molar-refractivity contribution in [3.63, 3.8) is 0 Å². The van der Waals surface area contributed by atoms with E-state index in [0.29, 0.717) is 36.2 Å². The lowest BCUT2D eigenvalue weighted by Gasteiger charge is -2.40. The van der Waals surface area contributed by atoms with Crippen LogP contribution in [-0.2, 0) is 11.2 Å². The van der Waals surface area contributed by atoms with E-state index >= 15 is 0 Å². The molecule has 5 nitrogen and oxygen atoms in total. The number of aliphatic hydroxyl groups is 1. The monoisotopic (exact) mass is 465 g/mol. The lowest BCUT2D eigenvalue weighted by molar-refractivity contribution is -0.138. The highest BCUT2D eigenvalue weighted by molar-refractivity contribution is 8.24. The van der Waals surface area contributed by atoms with Gasteiger partial charge in [-0.2, -0.15) is 0 Å². The number of amides is 1. The maximum absolute atomic E-state index is 12.8. The molecule has 2 N–H and O–H groups in total. The largest absolute Gasteiger partial charge is 0.473 e. The van der Waals surface area contributed by atoms with Crippen molar-refractivity contribution in [2.75, 3.05) is 11.6 Å². The average Bonchev–Trinajstić information content (AvgIpc) is 3.22. The van der Waals surface area contributed by atoms with Crippen LogP contribution in [0, 0.1) is 17.8 Å². The molecule has 1 aromatic rings. The Morgan fingerprint density at radius 1 is 1.32 bits per heavy atom. The summed E-state index contributed by atoms with van der Waals surface area (Å²) in [7, 11) is 0. The van der Waals surface area contributed by atoms with Gasteiger partial charge in [-0.3, -0.25) is 4.79 Å². The fraction of sp³-hybridized carbons (Fsp3) is 0.667. The zero-order chi connectivity index (χ0) is 22.6. The number of carboxylic acid groups (broad SMARTS) is 1. The first-order valence-electron chi connectivity index (χ1n) is 11.2. The molecule has 0 radical (unpaired) electrons. The van der Waals surface area contributed by atoms with Gasteiger partial charge in [-0.1, -0.05) is 44.2 Å². The zero-order valence-electron chi connectivity index (χ0n) is 18.7. The summed E-state index contributed by atoms with van der Waals surface area (Å²) in [6.45, 7) is 7.31. The molecule has 7 heteroatoms. The van der Waals surface area contributed by atoms with E-state index in [-0.39, 0.29) is 22.6 Å². The fourth-order valence-corrected chi connectivity index (χ4v) is 7.63. The highest BCUT2D eigenvalue weighted by atomic mass is 32.2. The van der Waals surface area contributed by atoms with Crippen LogP contribution in [0.25, 0.3) is 0 Å². The predicted molar refractivity (Wildman–Crippen MR) is 128 cm³/mol. The first-order valence-corrected chi connectivity index (χ1v) is 13.2. The molecule has 2 aliphatic rings. The minimum atomic E-state index is -0.838. The minimum absolute atomic E-state index is 0.0286. The van der Waals surface area contributed by atoms with Gasteiger partial charge in [0.25, 0.3) is 0 Å². The van der Waals surface area contributed by atoms with Crippen molar-refractivity contribution in [3.05, 3.63) is 35.9 Å². The highest BCUT2D eigenvalue weighted by Gasteiger charge is 2.59. The molecule has 0 aromatic heterocycles. The first-order chi connectivity index (χ1) is 14.7. The lowest BCUT2D eigenvalue weighted by Crippen LogP contribution is -2.49. The number of benzene rings is 1. The number of hydrogen-bond acceptors (Lipinski definition) is 5. The standard InChI is InChI=1S/C24H35NO4S2/c1-16(12-19(26)13-18-8-5-4-6-9-18)21-10-7-11-22(27)25(21)14-20-17(2)24(20,3)31-15-30-23(28)29/h4-6,8-9,16-17,19-21,26H,7,10-15H2,1-3H3,(H,28,29)/t16-,17+,19?,20?,21+,24?/m0/s1. The van der Waals surface area contributed by atoms with Gasteiger partial charge in [-0.15, -0.1) is 11.8 Å². The minimum Gasteiger partial charge on any atom is -0.473 e. The van der Waals surface area contributed by atoms with Crippen LogP contribution >= 0.6 is 23.5 Å². The molecule has 2 fully saturated rings. The van der Waals surface area contributed by atoms with Crippen LogP contribution in [0.1, 0.15) is 52.0 Å². The van der Waals surface area contributed by atoms with Crippen molar-refractivity contribution in [3.8, 4) is 0 Å². The summed E-state index contributed by atoms with van der Waals surface area (Å²) in [5, 5.41) is 19.3. The Balaban J connectivity index is 1.58. The third-order valence-electron chi connectivity index (χ3n) is 7.31. The van der Waals surface area contributed by atoms with Crippen molar-refractivity contribution >= 4 is 34.7 Å². The third kappa shape index (κ3) is 6.20. The first kappa shape index (κ1) is 24.5. The molecule has 1 saturated heterocycles. The Morgan fingerprint density at radius 2 is 2.03 bits per heavy atom. The average molecular weight is 466 g/mol. The maximum atomic E-state index is 12.8. The summed E-state index contributed by atoms with van der Waals surface area (Å²) in [5.41, 5.74) is 1.14.